The topological polar surface area (TPSA) is 64.1 Å². The fourth-order valence-electron chi connectivity index (χ4n) is 3.70. The molecule has 1 saturated carbocycles. The van der Waals surface area contributed by atoms with Gasteiger partial charge in [-0.2, -0.15) is 4.52 Å². The molecule has 1 atom stereocenters. The van der Waals surface area contributed by atoms with Gasteiger partial charge in [-0.05, 0) is 37.8 Å². The molecule has 4 heterocycles. The molecular weight excluding hydrogens is 302 g/mol. The summed E-state index contributed by atoms with van der Waals surface area (Å²) < 4.78 is 4.06. The Hall–Kier alpha value is -2.44. The number of hydrogen-bond donors (Lipinski definition) is 0. The van der Waals surface area contributed by atoms with Gasteiger partial charge in [-0.3, -0.25) is 0 Å². The lowest BCUT2D eigenvalue weighted by Crippen LogP contribution is -2.32. The van der Waals surface area contributed by atoms with Crippen LogP contribution in [0.25, 0.3) is 5.65 Å². The molecule has 3 aromatic heterocycles. The van der Waals surface area contributed by atoms with Gasteiger partial charge in [0.25, 0.3) is 0 Å². The number of fused-ring (bicyclic) bond motifs is 1. The van der Waals surface area contributed by atoms with Crippen LogP contribution in [0, 0.1) is 0 Å². The molecule has 0 N–H and O–H groups in total. The molecule has 1 saturated heterocycles. The van der Waals surface area contributed by atoms with Crippen molar-refractivity contribution in [2.24, 2.45) is 7.05 Å². The minimum absolute atomic E-state index is 0.455. The molecular formula is C17H21N7. The van der Waals surface area contributed by atoms with Crippen molar-refractivity contribution in [3.05, 3.63) is 36.2 Å². The smallest absolute Gasteiger partial charge is 0.178 e. The van der Waals surface area contributed by atoms with Crippen LogP contribution in [0.1, 0.15) is 43.3 Å². The summed E-state index contributed by atoms with van der Waals surface area (Å²) in [5, 5.41) is 13.5. The van der Waals surface area contributed by atoms with E-state index in [4.69, 9.17) is 5.10 Å². The molecule has 2 aliphatic rings. The number of rotatable bonds is 4. The summed E-state index contributed by atoms with van der Waals surface area (Å²) in [5.74, 6) is 3.73. The van der Waals surface area contributed by atoms with Gasteiger partial charge in [-0.15, -0.1) is 15.3 Å². The number of hydrogen-bond acceptors (Lipinski definition) is 5. The molecule has 2 fully saturated rings. The van der Waals surface area contributed by atoms with Gasteiger partial charge in [0.1, 0.15) is 11.6 Å². The first-order valence-corrected chi connectivity index (χ1v) is 8.75. The molecule has 7 nitrogen and oxygen atoms in total. The highest BCUT2D eigenvalue weighted by Gasteiger charge is 2.31. The van der Waals surface area contributed by atoms with Crippen LogP contribution in [-0.4, -0.2) is 41.9 Å². The van der Waals surface area contributed by atoms with E-state index in [2.05, 4.69) is 37.8 Å². The zero-order valence-electron chi connectivity index (χ0n) is 13.8. The van der Waals surface area contributed by atoms with Gasteiger partial charge >= 0.3 is 0 Å². The predicted octanol–water partition coefficient (Wildman–Crippen LogP) is 1.95. The largest absolute Gasteiger partial charge is 0.352 e. The molecule has 0 spiro atoms. The van der Waals surface area contributed by atoms with Crippen LogP contribution in [0.15, 0.2) is 24.5 Å². The lowest BCUT2D eigenvalue weighted by molar-refractivity contribution is 0.613. The van der Waals surface area contributed by atoms with Crippen molar-refractivity contribution in [3.63, 3.8) is 0 Å². The molecule has 0 unspecified atom stereocenters. The SMILES string of the molecule is Cn1ccnc1C[C@@H]1CCCN1c1ccc2nnc(C3CC3)n2n1. The maximum absolute atomic E-state index is 4.87. The van der Waals surface area contributed by atoms with Crippen molar-refractivity contribution in [1.82, 2.24) is 29.4 Å². The lowest BCUT2D eigenvalue weighted by atomic mass is 10.1. The summed E-state index contributed by atoms with van der Waals surface area (Å²) in [6.45, 7) is 1.05. The first kappa shape index (κ1) is 13.9. The first-order chi connectivity index (χ1) is 11.8. The summed E-state index contributed by atoms with van der Waals surface area (Å²) in [6, 6.07) is 4.58. The molecule has 1 aliphatic heterocycles. The van der Waals surface area contributed by atoms with Crippen LogP contribution in [-0.2, 0) is 13.5 Å². The standard InChI is InChI=1S/C17H21N7/c1-22-10-8-18-16(22)11-13-3-2-9-23(13)15-7-6-14-19-20-17(12-4-5-12)24(14)21-15/h6-8,10,12-13H,2-5,9,11H2,1H3/t13-/m0/s1. The highest BCUT2D eigenvalue weighted by atomic mass is 15.4. The number of aryl methyl sites for hydroxylation is 1. The Balaban J connectivity index is 1.46. The van der Waals surface area contributed by atoms with Crippen molar-refractivity contribution in [1.29, 1.82) is 0 Å². The van der Waals surface area contributed by atoms with Crippen LogP contribution in [0.3, 0.4) is 0 Å². The van der Waals surface area contributed by atoms with Crippen molar-refractivity contribution >= 4 is 11.5 Å². The number of aromatic nitrogens is 6. The van der Waals surface area contributed by atoms with E-state index in [0.29, 0.717) is 12.0 Å². The number of imidazole rings is 1. The van der Waals surface area contributed by atoms with E-state index >= 15 is 0 Å². The molecule has 0 aromatic carbocycles. The van der Waals surface area contributed by atoms with Gasteiger partial charge < -0.3 is 9.47 Å². The van der Waals surface area contributed by atoms with Crippen molar-refractivity contribution in [2.45, 2.75) is 44.1 Å². The molecule has 124 valence electrons. The van der Waals surface area contributed by atoms with Crippen molar-refractivity contribution in [3.8, 4) is 0 Å². The minimum Gasteiger partial charge on any atom is -0.352 e. The summed E-state index contributed by atoms with van der Waals surface area (Å²) in [4.78, 5) is 6.91. The molecule has 7 heteroatoms. The third-order valence-corrected chi connectivity index (χ3v) is 5.23. The Kier molecular flexibility index (Phi) is 3.08. The molecule has 0 bridgehead atoms. The molecule has 24 heavy (non-hydrogen) atoms. The van der Waals surface area contributed by atoms with Crippen molar-refractivity contribution < 1.29 is 0 Å². The van der Waals surface area contributed by atoms with E-state index in [9.17, 15) is 0 Å². The quantitative estimate of drug-likeness (QED) is 0.734. The fraction of sp³-hybridized carbons (Fsp3) is 0.529. The Morgan fingerprint density at radius 2 is 2.08 bits per heavy atom. The number of nitrogens with zero attached hydrogens (tertiary/aromatic N) is 7. The molecule has 0 amide bonds. The van der Waals surface area contributed by atoms with E-state index in [0.717, 1.165) is 36.1 Å². The van der Waals surface area contributed by atoms with Crippen LogP contribution in [0.5, 0.6) is 0 Å². The van der Waals surface area contributed by atoms with Gasteiger partial charge in [0, 0.05) is 44.4 Å². The highest BCUT2D eigenvalue weighted by Crippen LogP contribution is 2.39. The molecule has 0 radical (unpaired) electrons. The fourth-order valence-corrected chi connectivity index (χ4v) is 3.70. The lowest BCUT2D eigenvalue weighted by Gasteiger charge is -2.25. The number of anilines is 1. The van der Waals surface area contributed by atoms with Crippen LogP contribution < -0.4 is 4.90 Å². The minimum atomic E-state index is 0.455. The van der Waals surface area contributed by atoms with Crippen LogP contribution >= 0.6 is 0 Å². The second-order valence-electron chi connectivity index (χ2n) is 6.94. The second-order valence-corrected chi connectivity index (χ2v) is 6.94. The van der Waals surface area contributed by atoms with E-state index in [-0.39, 0.29) is 0 Å². The summed E-state index contributed by atoms with van der Waals surface area (Å²) in [5.41, 5.74) is 0.848. The monoisotopic (exact) mass is 323 g/mol. The zero-order valence-corrected chi connectivity index (χ0v) is 13.8. The van der Waals surface area contributed by atoms with E-state index < -0.39 is 0 Å². The van der Waals surface area contributed by atoms with Crippen LogP contribution in [0.4, 0.5) is 5.82 Å². The second kappa shape index (κ2) is 5.29. The first-order valence-electron chi connectivity index (χ1n) is 8.75. The van der Waals surface area contributed by atoms with Crippen LogP contribution in [0.2, 0.25) is 0 Å². The highest BCUT2D eigenvalue weighted by molar-refractivity contribution is 5.47. The Morgan fingerprint density at radius 3 is 2.88 bits per heavy atom. The third-order valence-electron chi connectivity index (χ3n) is 5.23. The van der Waals surface area contributed by atoms with Gasteiger partial charge in [0.15, 0.2) is 11.5 Å². The van der Waals surface area contributed by atoms with Gasteiger partial charge in [-0.25, -0.2) is 4.98 Å². The normalized spacial score (nSPS) is 21.0. The molecule has 5 rings (SSSR count). The third kappa shape index (κ3) is 2.26. The van der Waals surface area contributed by atoms with Gasteiger partial charge in [-0.1, -0.05) is 0 Å². The summed E-state index contributed by atoms with van der Waals surface area (Å²) in [6.07, 6.45) is 9.64. The Bertz CT molecular complexity index is 876. The summed E-state index contributed by atoms with van der Waals surface area (Å²) in [7, 11) is 2.06. The maximum atomic E-state index is 4.87. The average molecular weight is 323 g/mol. The zero-order chi connectivity index (χ0) is 16.1. The Morgan fingerprint density at radius 1 is 1.17 bits per heavy atom. The maximum Gasteiger partial charge on any atom is 0.178 e. The van der Waals surface area contributed by atoms with Gasteiger partial charge in [0.05, 0.1) is 0 Å². The Labute approximate surface area is 140 Å². The van der Waals surface area contributed by atoms with Crippen molar-refractivity contribution in [2.75, 3.05) is 11.4 Å². The molecule has 1 aliphatic carbocycles. The summed E-state index contributed by atoms with van der Waals surface area (Å²) >= 11 is 0. The van der Waals surface area contributed by atoms with E-state index in [1.165, 1.54) is 25.7 Å². The van der Waals surface area contributed by atoms with Gasteiger partial charge in [0.2, 0.25) is 0 Å². The molecule has 3 aromatic rings. The van der Waals surface area contributed by atoms with E-state index in [1.807, 2.05) is 23.0 Å². The average Bonchev–Trinajstić information content (AvgIpc) is 3.01. The van der Waals surface area contributed by atoms with E-state index in [1.54, 1.807) is 0 Å². The predicted molar refractivity (Wildman–Crippen MR) is 90.0 cm³/mol.